The van der Waals surface area contributed by atoms with Crippen LogP contribution < -0.4 is 5.32 Å². The fourth-order valence-electron chi connectivity index (χ4n) is 2.37. The van der Waals surface area contributed by atoms with Gasteiger partial charge in [-0.15, -0.1) is 0 Å². The Labute approximate surface area is 93.5 Å². The van der Waals surface area contributed by atoms with Gasteiger partial charge >= 0.3 is 0 Å². The molecule has 1 rings (SSSR count). The van der Waals surface area contributed by atoms with Gasteiger partial charge in [0, 0.05) is 19.8 Å². The molecule has 0 amide bonds. The molecule has 0 saturated carbocycles. The van der Waals surface area contributed by atoms with E-state index >= 15 is 0 Å². The van der Waals surface area contributed by atoms with Gasteiger partial charge in [0.1, 0.15) is 0 Å². The Morgan fingerprint density at radius 3 is 2.47 bits per heavy atom. The van der Waals surface area contributed by atoms with Gasteiger partial charge in [-0.3, -0.25) is 0 Å². The van der Waals surface area contributed by atoms with Crippen molar-refractivity contribution in [1.29, 1.82) is 0 Å². The molecule has 1 N–H and O–H groups in total. The van der Waals surface area contributed by atoms with E-state index in [1.807, 2.05) is 0 Å². The van der Waals surface area contributed by atoms with Crippen LogP contribution in [0.15, 0.2) is 0 Å². The molecule has 0 spiro atoms. The standard InChI is InChI=1S/C12H25NO2/c1-11(2)9-10(12(3,4)15-11)13-7-6-8-14-5/h10,13H,6-9H2,1-5H3. The summed E-state index contributed by atoms with van der Waals surface area (Å²) in [6.07, 6.45) is 2.14. The minimum absolute atomic E-state index is 0.00240. The second-order valence-corrected chi connectivity index (χ2v) is 5.52. The lowest BCUT2D eigenvalue weighted by Gasteiger charge is -2.27. The Bertz CT molecular complexity index is 202. The molecule has 90 valence electrons. The second kappa shape index (κ2) is 4.81. The first kappa shape index (κ1) is 12.9. The molecular formula is C12H25NO2. The number of nitrogens with one attached hydrogen (secondary N) is 1. The van der Waals surface area contributed by atoms with Crippen LogP contribution in [-0.4, -0.2) is 37.5 Å². The van der Waals surface area contributed by atoms with Crippen molar-refractivity contribution in [3.8, 4) is 0 Å². The van der Waals surface area contributed by atoms with E-state index in [4.69, 9.17) is 9.47 Å². The third-order valence-corrected chi connectivity index (χ3v) is 2.99. The maximum atomic E-state index is 6.01. The van der Waals surface area contributed by atoms with E-state index in [0.717, 1.165) is 26.0 Å². The molecule has 0 aromatic rings. The molecule has 1 atom stereocenters. The fourth-order valence-corrected chi connectivity index (χ4v) is 2.37. The minimum Gasteiger partial charge on any atom is -0.385 e. The van der Waals surface area contributed by atoms with Gasteiger partial charge in [-0.05, 0) is 47.1 Å². The number of ether oxygens (including phenoxy) is 2. The summed E-state index contributed by atoms with van der Waals surface area (Å²) >= 11 is 0. The van der Waals surface area contributed by atoms with Gasteiger partial charge in [-0.1, -0.05) is 0 Å². The van der Waals surface area contributed by atoms with Crippen molar-refractivity contribution in [2.75, 3.05) is 20.3 Å². The Morgan fingerprint density at radius 1 is 1.33 bits per heavy atom. The van der Waals surface area contributed by atoms with Crippen LogP contribution in [0, 0.1) is 0 Å². The van der Waals surface area contributed by atoms with Crippen molar-refractivity contribution < 1.29 is 9.47 Å². The Morgan fingerprint density at radius 2 is 2.00 bits per heavy atom. The first-order chi connectivity index (χ1) is 6.87. The van der Waals surface area contributed by atoms with Crippen molar-refractivity contribution in [3.63, 3.8) is 0 Å². The predicted molar refractivity (Wildman–Crippen MR) is 62.1 cm³/mol. The first-order valence-electron chi connectivity index (χ1n) is 5.80. The molecule has 3 nitrogen and oxygen atoms in total. The highest BCUT2D eigenvalue weighted by atomic mass is 16.5. The maximum Gasteiger partial charge on any atom is 0.0787 e. The monoisotopic (exact) mass is 215 g/mol. The first-order valence-corrected chi connectivity index (χ1v) is 5.80. The van der Waals surface area contributed by atoms with E-state index in [0.29, 0.717) is 6.04 Å². The van der Waals surface area contributed by atoms with Crippen molar-refractivity contribution in [2.24, 2.45) is 0 Å². The van der Waals surface area contributed by atoms with E-state index in [2.05, 4.69) is 33.0 Å². The van der Waals surface area contributed by atoms with Crippen LogP contribution in [0.3, 0.4) is 0 Å². The van der Waals surface area contributed by atoms with Crippen molar-refractivity contribution >= 4 is 0 Å². The van der Waals surface area contributed by atoms with Gasteiger partial charge < -0.3 is 14.8 Å². The van der Waals surface area contributed by atoms with Crippen LogP contribution in [0.5, 0.6) is 0 Å². The summed E-state index contributed by atoms with van der Waals surface area (Å²) in [5.41, 5.74) is -0.0566. The third kappa shape index (κ3) is 3.74. The SMILES string of the molecule is COCCCNC1CC(C)(C)OC1(C)C. The normalized spacial score (nSPS) is 28.2. The molecule has 1 aliphatic heterocycles. The Hall–Kier alpha value is -0.120. The molecule has 1 aliphatic rings. The second-order valence-electron chi connectivity index (χ2n) is 5.52. The molecule has 1 saturated heterocycles. The largest absolute Gasteiger partial charge is 0.385 e. The van der Waals surface area contributed by atoms with Gasteiger partial charge in [-0.2, -0.15) is 0 Å². The highest BCUT2D eigenvalue weighted by Gasteiger charge is 2.45. The molecule has 3 heteroatoms. The summed E-state index contributed by atoms with van der Waals surface area (Å²) in [5, 5.41) is 3.56. The van der Waals surface area contributed by atoms with Gasteiger partial charge in [0.15, 0.2) is 0 Å². The fraction of sp³-hybridized carbons (Fsp3) is 1.00. The van der Waals surface area contributed by atoms with Gasteiger partial charge in [0.05, 0.1) is 11.2 Å². The molecule has 0 aliphatic carbocycles. The summed E-state index contributed by atoms with van der Waals surface area (Å²) in [6, 6.07) is 0.448. The zero-order valence-electron chi connectivity index (χ0n) is 10.7. The topological polar surface area (TPSA) is 30.5 Å². The molecule has 1 fully saturated rings. The van der Waals surface area contributed by atoms with E-state index in [1.165, 1.54) is 0 Å². The molecule has 1 heterocycles. The van der Waals surface area contributed by atoms with Crippen LogP contribution in [0.25, 0.3) is 0 Å². The molecule has 0 bridgehead atoms. The Balaban J connectivity index is 2.35. The lowest BCUT2D eigenvalue weighted by atomic mass is 9.94. The van der Waals surface area contributed by atoms with Crippen molar-refractivity contribution in [1.82, 2.24) is 5.32 Å². The van der Waals surface area contributed by atoms with Crippen LogP contribution >= 0.6 is 0 Å². The Kier molecular flexibility index (Phi) is 4.15. The van der Waals surface area contributed by atoms with Crippen LogP contribution in [0.4, 0.5) is 0 Å². The smallest absolute Gasteiger partial charge is 0.0787 e. The van der Waals surface area contributed by atoms with Gasteiger partial charge in [-0.25, -0.2) is 0 Å². The molecule has 0 aromatic heterocycles. The molecule has 15 heavy (non-hydrogen) atoms. The third-order valence-electron chi connectivity index (χ3n) is 2.99. The number of rotatable bonds is 5. The van der Waals surface area contributed by atoms with Crippen molar-refractivity contribution in [2.45, 2.75) is 57.8 Å². The van der Waals surface area contributed by atoms with Crippen LogP contribution in [0.2, 0.25) is 0 Å². The summed E-state index contributed by atoms with van der Waals surface area (Å²) in [5.74, 6) is 0. The van der Waals surface area contributed by atoms with Crippen LogP contribution in [-0.2, 0) is 9.47 Å². The zero-order valence-corrected chi connectivity index (χ0v) is 10.7. The molecule has 0 aromatic carbocycles. The lowest BCUT2D eigenvalue weighted by Crippen LogP contribution is -2.43. The minimum atomic E-state index is -0.0590. The van der Waals surface area contributed by atoms with E-state index in [1.54, 1.807) is 7.11 Å². The lowest BCUT2D eigenvalue weighted by molar-refractivity contribution is -0.0698. The van der Waals surface area contributed by atoms with Crippen molar-refractivity contribution in [3.05, 3.63) is 0 Å². The highest BCUT2D eigenvalue weighted by Crippen LogP contribution is 2.37. The number of methoxy groups -OCH3 is 1. The van der Waals surface area contributed by atoms with E-state index < -0.39 is 0 Å². The molecule has 1 unspecified atom stereocenters. The summed E-state index contributed by atoms with van der Waals surface area (Å²) in [7, 11) is 1.74. The molecule has 0 radical (unpaired) electrons. The quantitative estimate of drug-likeness (QED) is 0.711. The summed E-state index contributed by atoms with van der Waals surface area (Å²) < 4.78 is 11.0. The van der Waals surface area contributed by atoms with Crippen LogP contribution in [0.1, 0.15) is 40.5 Å². The zero-order chi connectivity index (χ0) is 11.5. The average Bonchev–Trinajstić information content (AvgIpc) is 2.28. The van der Waals surface area contributed by atoms with E-state index in [-0.39, 0.29) is 11.2 Å². The van der Waals surface area contributed by atoms with E-state index in [9.17, 15) is 0 Å². The summed E-state index contributed by atoms with van der Waals surface area (Å²) in [6.45, 7) is 10.5. The predicted octanol–water partition coefficient (Wildman–Crippen LogP) is 1.96. The maximum absolute atomic E-state index is 6.01. The number of hydrogen-bond donors (Lipinski definition) is 1. The van der Waals surface area contributed by atoms with Gasteiger partial charge in [0.25, 0.3) is 0 Å². The van der Waals surface area contributed by atoms with Gasteiger partial charge in [0.2, 0.25) is 0 Å². The number of hydrogen-bond acceptors (Lipinski definition) is 3. The average molecular weight is 215 g/mol. The summed E-state index contributed by atoms with van der Waals surface area (Å²) in [4.78, 5) is 0. The highest BCUT2D eigenvalue weighted by molar-refractivity contribution is 4.98. The molecular weight excluding hydrogens is 190 g/mol.